The van der Waals surface area contributed by atoms with Gasteiger partial charge in [-0.2, -0.15) is 0 Å². The van der Waals surface area contributed by atoms with Gasteiger partial charge in [0.2, 0.25) is 16.1 Å². The summed E-state index contributed by atoms with van der Waals surface area (Å²) in [5.41, 5.74) is 0. The highest BCUT2D eigenvalue weighted by molar-refractivity contribution is 7.17. The van der Waals surface area contributed by atoms with Gasteiger partial charge in [-0.15, -0.1) is 10.2 Å². The Morgan fingerprint density at radius 2 is 2.40 bits per heavy atom. The molecule has 2 rings (SSSR count). The number of nitrogens with one attached hydrogen (secondary N) is 3. The Kier molecular flexibility index (Phi) is 2.59. The minimum atomic E-state index is -0.330. The Balaban J connectivity index is 2.08. The summed E-state index contributed by atoms with van der Waals surface area (Å²) in [5, 5.41) is 13.7. The maximum atomic E-state index is 11.6. The van der Waals surface area contributed by atoms with Gasteiger partial charge >= 0.3 is 0 Å². The van der Waals surface area contributed by atoms with Crippen molar-refractivity contribution >= 4 is 28.3 Å². The van der Waals surface area contributed by atoms with E-state index < -0.39 is 0 Å². The zero-order valence-electron chi connectivity index (χ0n) is 7.81. The SMILES string of the molecule is CNc1nnc(C(=O)Nc2ncc[nH]2)s1. The van der Waals surface area contributed by atoms with E-state index in [1.54, 1.807) is 19.4 Å². The molecule has 0 saturated heterocycles. The first-order chi connectivity index (χ1) is 7.29. The highest BCUT2D eigenvalue weighted by Crippen LogP contribution is 2.14. The molecule has 0 aliphatic heterocycles. The molecule has 0 atom stereocenters. The van der Waals surface area contributed by atoms with E-state index in [9.17, 15) is 4.79 Å². The van der Waals surface area contributed by atoms with Crippen molar-refractivity contribution in [3.63, 3.8) is 0 Å². The summed E-state index contributed by atoms with van der Waals surface area (Å²) >= 11 is 1.18. The number of aromatic nitrogens is 4. The Hall–Kier alpha value is -1.96. The predicted octanol–water partition coefficient (Wildman–Crippen LogP) is 0.555. The van der Waals surface area contributed by atoms with Gasteiger partial charge in [-0.3, -0.25) is 10.1 Å². The molecule has 0 aliphatic rings. The van der Waals surface area contributed by atoms with Gasteiger partial charge in [0.05, 0.1) is 0 Å². The topological polar surface area (TPSA) is 95.6 Å². The number of amides is 1. The Morgan fingerprint density at radius 3 is 3.00 bits per heavy atom. The maximum absolute atomic E-state index is 11.6. The first-order valence-corrected chi connectivity index (χ1v) is 4.93. The second-order valence-corrected chi connectivity index (χ2v) is 3.53. The van der Waals surface area contributed by atoms with Crippen molar-refractivity contribution in [1.29, 1.82) is 0 Å². The minimum Gasteiger partial charge on any atom is -0.363 e. The second kappa shape index (κ2) is 4.05. The van der Waals surface area contributed by atoms with Gasteiger partial charge in [0.25, 0.3) is 5.91 Å². The van der Waals surface area contributed by atoms with E-state index in [1.165, 1.54) is 11.3 Å². The third-order valence-electron chi connectivity index (χ3n) is 1.56. The number of rotatable bonds is 3. The molecule has 2 aromatic rings. The minimum absolute atomic E-state index is 0.288. The average Bonchev–Trinajstić information content (AvgIpc) is 2.86. The van der Waals surface area contributed by atoms with Crippen LogP contribution in [0.5, 0.6) is 0 Å². The van der Waals surface area contributed by atoms with Gasteiger partial charge < -0.3 is 10.3 Å². The van der Waals surface area contributed by atoms with Crippen LogP contribution in [-0.4, -0.2) is 33.1 Å². The number of imidazole rings is 1. The summed E-state index contributed by atoms with van der Waals surface area (Å²) in [6.45, 7) is 0. The van der Waals surface area contributed by atoms with Crippen LogP contribution in [0.15, 0.2) is 12.4 Å². The van der Waals surface area contributed by atoms with Crippen LogP contribution in [0.3, 0.4) is 0 Å². The van der Waals surface area contributed by atoms with Gasteiger partial charge in [0, 0.05) is 19.4 Å². The molecule has 0 unspecified atom stereocenters. The molecule has 2 heterocycles. The smallest absolute Gasteiger partial charge is 0.289 e. The molecule has 0 bridgehead atoms. The highest BCUT2D eigenvalue weighted by Gasteiger charge is 2.12. The van der Waals surface area contributed by atoms with Crippen molar-refractivity contribution in [3.05, 3.63) is 17.4 Å². The van der Waals surface area contributed by atoms with Crippen LogP contribution in [0.2, 0.25) is 0 Å². The highest BCUT2D eigenvalue weighted by atomic mass is 32.1. The number of aromatic amines is 1. The quantitative estimate of drug-likeness (QED) is 0.707. The molecule has 0 fully saturated rings. The molecule has 15 heavy (non-hydrogen) atoms. The molecule has 3 N–H and O–H groups in total. The molecule has 2 aromatic heterocycles. The van der Waals surface area contributed by atoms with Gasteiger partial charge in [0.1, 0.15) is 0 Å². The lowest BCUT2D eigenvalue weighted by Crippen LogP contribution is -2.12. The van der Waals surface area contributed by atoms with Crippen LogP contribution in [0, 0.1) is 0 Å². The lowest BCUT2D eigenvalue weighted by atomic mass is 10.6. The first kappa shape index (κ1) is 9.59. The summed E-state index contributed by atoms with van der Waals surface area (Å²) in [5.74, 6) is 0.0603. The standard InChI is InChI=1S/C7H8N6OS/c1-8-7-13-12-5(15-7)4(14)11-6-9-2-3-10-6/h2-3H,1H3,(H,8,13)(H2,9,10,11,14). The molecule has 7 nitrogen and oxygen atoms in total. The molecule has 0 aromatic carbocycles. The van der Waals surface area contributed by atoms with Crippen molar-refractivity contribution in [3.8, 4) is 0 Å². The lowest BCUT2D eigenvalue weighted by Gasteiger charge is -1.95. The molecule has 0 aliphatic carbocycles. The second-order valence-electron chi connectivity index (χ2n) is 2.55. The van der Waals surface area contributed by atoms with E-state index in [0.717, 1.165) is 0 Å². The molecule has 8 heteroatoms. The van der Waals surface area contributed by atoms with Crippen molar-refractivity contribution in [2.45, 2.75) is 0 Å². The molecular formula is C7H8N6OS. The van der Waals surface area contributed by atoms with E-state index in [0.29, 0.717) is 11.1 Å². The van der Waals surface area contributed by atoms with Crippen LogP contribution in [0.1, 0.15) is 9.80 Å². The van der Waals surface area contributed by atoms with E-state index in [1.807, 2.05) is 0 Å². The molecular weight excluding hydrogens is 216 g/mol. The molecule has 78 valence electrons. The number of nitrogens with zero attached hydrogens (tertiary/aromatic N) is 3. The van der Waals surface area contributed by atoms with E-state index >= 15 is 0 Å². The molecule has 1 amide bonds. The number of carbonyl (C=O) groups excluding carboxylic acids is 1. The van der Waals surface area contributed by atoms with Crippen LogP contribution >= 0.6 is 11.3 Å². The molecule has 0 spiro atoms. The number of hydrogen-bond donors (Lipinski definition) is 3. The third-order valence-corrected chi connectivity index (χ3v) is 2.50. The first-order valence-electron chi connectivity index (χ1n) is 4.11. The molecule has 0 saturated carbocycles. The Bertz CT molecular complexity index is 450. The number of hydrogen-bond acceptors (Lipinski definition) is 6. The molecule has 0 radical (unpaired) electrons. The van der Waals surface area contributed by atoms with Gasteiger partial charge in [-0.1, -0.05) is 11.3 Å². The van der Waals surface area contributed by atoms with E-state index in [2.05, 4.69) is 30.8 Å². The van der Waals surface area contributed by atoms with Crippen LogP contribution < -0.4 is 10.6 Å². The number of carbonyl (C=O) groups is 1. The van der Waals surface area contributed by atoms with Crippen molar-refractivity contribution in [2.24, 2.45) is 0 Å². The van der Waals surface area contributed by atoms with E-state index in [4.69, 9.17) is 0 Å². The summed E-state index contributed by atoms with van der Waals surface area (Å²) in [6.07, 6.45) is 3.17. The zero-order chi connectivity index (χ0) is 10.7. The van der Waals surface area contributed by atoms with Crippen LogP contribution in [-0.2, 0) is 0 Å². The largest absolute Gasteiger partial charge is 0.363 e. The average molecular weight is 224 g/mol. The van der Waals surface area contributed by atoms with Crippen molar-refractivity contribution < 1.29 is 4.79 Å². The predicted molar refractivity (Wildman–Crippen MR) is 56.0 cm³/mol. The van der Waals surface area contributed by atoms with Crippen molar-refractivity contribution in [1.82, 2.24) is 20.2 Å². The fourth-order valence-corrected chi connectivity index (χ4v) is 1.50. The Labute approximate surface area is 89.0 Å². The summed E-state index contributed by atoms with van der Waals surface area (Å²) in [6, 6.07) is 0. The van der Waals surface area contributed by atoms with Gasteiger partial charge in [0.15, 0.2) is 0 Å². The summed E-state index contributed by atoms with van der Waals surface area (Å²) in [7, 11) is 1.72. The number of H-pyrrole nitrogens is 1. The Morgan fingerprint density at radius 1 is 1.53 bits per heavy atom. The summed E-state index contributed by atoms with van der Waals surface area (Å²) < 4.78 is 0. The monoisotopic (exact) mass is 224 g/mol. The van der Waals surface area contributed by atoms with Gasteiger partial charge in [-0.05, 0) is 0 Å². The third kappa shape index (κ3) is 2.10. The van der Waals surface area contributed by atoms with Crippen molar-refractivity contribution in [2.75, 3.05) is 17.7 Å². The fourth-order valence-electron chi connectivity index (χ4n) is 0.911. The van der Waals surface area contributed by atoms with Crippen LogP contribution in [0.25, 0.3) is 0 Å². The normalized spacial score (nSPS) is 9.93. The lowest BCUT2D eigenvalue weighted by molar-refractivity contribution is 0.102. The number of anilines is 2. The van der Waals surface area contributed by atoms with Crippen LogP contribution in [0.4, 0.5) is 11.1 Å². The fraction of sp³-hybridized carbons (Fsp3) is 0.143. The zero-order valence-corrected chi connectivity index (χ0v) is 8.63. The maximum Gasteiger partial charge on any atom is 0.289 e. The van der Waals surface area contributed by atoms with Gasteiger partial charge in [-0.25, -0.2) is 4.98 Å². The summed E-state index contributed by atoms with van der Waals surface area (Å²) in [4.78, 5) is 18.2. The van der Waals surface area contributed by atoms with E-state index in [-0.39, 0.29) is 10.9 Å².